The normalized spacial score (nSPS) is 13.4. The lowest BCUT2D eigenvalue weighted by atomic mass is 9.82. The summed E-state index contributed by atoms with van der Waals surface area (Å²) in [4.78, 5) is 51.9. The van der Waals surface area contributed by atoms with E-state index < -0.39 is 71.8 Å². The lowest BCUT2D eigenvalue weighted by Crippen LogP contribution is -2.55. The van der Waals surface area contributed by atoms with Gasteiger partial charge in [0.15, 0.2) is 0 Å². The van der Waals surface area contributed by atoms with Crippen molar-refractivity contribution < 1.29 is 33.1 Å². The Kier molecular flexibility index (Phi) is 13.3. The van der Waals surface area contributed by atoms with Gasteiger partial charge in [0.2, 0.25) is 23.6 Å². The average molecular weight is 670 g/mol. The summed E-state index contributed by atoms with van der Waals surface area (Å²) in [5, 5.41) is 15.6. The van der Waals surface area contributed by atoms with Crippen molar-refractivity contribution in [3.05, 3.63) is 83.7 Å². The van der Waals surface area contributed by atoms with Crippen molar-refractivity contribution >= 4 is 23.6 Å². The number of aliphatic hydroxyl groups excluding tert-OH is 1. The Morgan fingerprint density at radius 2 is 1.69 bits per heavy atom. The minimum Gasteiger partial charge on any atom is -0.387 e. The maximum Gasteiger partial charge on any atom is 0.248 e. The van der Waals surface area contributed by atoms with Gasteiger partial charge >= 0.3 is 0 Å². The number of aromatic nitrogens is 1. The van der Waals surface area contributed by atoms with Gasteiger partial charge in [-0.15, -0.1) is 0 Å². The van der Waals surface area contributed by atoms with E-state index in [4.69, 9.17) is 17.2 Å². The molecule has 1 heterocycles. The number of nitrogens with zero attached hydrogens (tertiary/aromatic N) is 2. The third kappa shape index (κ3) is 10.2. The molecule has 3 rings (SSSR count). The number of carbonyl (C=O) groups excluding carboxylic acids is 4. The van der Waals surface area contributed by atoms with Crippen LogP contribution >= 0.6 is 0 Å². The maximum atomic E-state index is 15.0. The number of primary amides is 2. The number of benzene rings is 2. The van der Waals surface area contributed by atoms with Crippen LogP contribution in [0.1, 0.15) is 50.9 Å². The van der Waals surface area contributed by atoms with Crippen LogP contribution in [0.4, 0.5) is 8.78 Å². The predicted octanol–water partition coefficient (Wildman–Crippen LogP) is 1.54. The molecular formula is C34H45F2N7O5. The fraction of sp³-hybridized carbons (Fsp3) is 0.412. The second kappa shape index (κ2) is 16.9. The van der Waals surface area contributed by atoms with Gasteiger partial charge in [-0.05, 0) is 41.7 Å². The monoisotopic (exact) mass is 669 g/mol. The first kappa shape index (κ1) is 37.8. The molecule has 0 aliphatic rings. The molecule has 0 saturated heterocycles. The number of nitrogens with one attached hydrogen (secondary N) is 2. The van der Waals surface area contributed by atoms with E-state index in [0.717, 1.165) is 23.8 Å². The van der Waals surface area contributed by atoms with E-state index in [2.05, 4.69) is 10.6 Å². The molecule has 0 unspecified atom stereocenters. The minimum absolute atomic E-state index is 0.0311. The summed E-state index contributed by atoms with van der Waals surface area (Å²) < 4.78 is 31.2. The van der Waals surface area contributed by atoms with E-state index in [1.807, 2.05) is 55.7 Å². The van der Waals surface area contributed by atoms with Crippen LogP contribution in [0, 0.1) is 17.0 Å². The van der Waals surface area contributed by atoms with Gasteiger partial charge in [0.1, 0.15) is 18.2 Å². The van der Waals surface area contributed by atoms with Crippen molar-refractivity contribution in [2.45, 2.75) is 58.3 Å². The van der Waals surface area contributed by atoms with Crippen LogP contribution in [0.3, 0.4) is 0 Å². The summed E-state index contributed by atoms with van der Waals surface area (Å²) in [6.45, 7) is 5.25. The smallest absolute Gasteiger partial charge is 0.248 e. The van der Waals surface area contributed by atoms with Crippen LogP contribution in [0.2, 0.25) is 0 Å². The van der Waals surface area contributed by atoms with Crippen LogP contribution in [-0.4, -0.2) is 76.5 Å². The summed E-state index contributed by atoms with van der Waals surface area (Å²) >= 11 is 0. The number of hydrogen-bond acceptors (Lipinski definition) is 7. The summed E-state index contributed by atoms with van der Waals surface area (Å²) in [7, 11) is 0. The number of hydrogen-bond donors (Lipinski definition) is 6. The van der Waals surface area contributed by atoms with Gasteiger partial charge in [-0.3, -0.25) is 24.5 Å². The molecule has 0 saturated carbocycles. The molecule has 0 radical (unpaired) electrons. The van der Waals surface area contributed by atoms with Crippen LogP contribution in [0.5, 0.6) is 0 Å². The Morgan fingerprint density at radius 1 is 1.00 bits per heavy atom. The Morgan fingerprint density at radius 3 is 2.27 bits per heavy atom. The quantitative estimate of drug-likeness (QED) is 0.125. The molecule has 48 heavy (non-hydrogen) atoms. The van der Waals surface area contributed by atoms with Crippen molar-refractivity contribution in [1.82, 2.24) is 20.1 Å². The highest BCUT2D eigenvalue weighted by Gasteiger charge is 2.38. The molecule has 9 N–H and O–H groups in total. The molecule has 0 fully saturated rings. The first-order valence-electron chi connectivity index (χ1n) is 15.6. The number of aliphatic hydroxyl groups is 1. The SMILES string of the molecule is CC(C)(C)[C@H](c1cc(-c2cc(F)ccc2F)cn1Cc1ccccc1)N(CC[C@H](N[C@@H](CC(N)=O)C(N)=O)C(=O)NCCN)C(=O)CO. The zero-order chi connectivity index (χ0) is 35.6. The van der Waals surface area contributed by atoms with Crippen LogP contribution in [-0.2, 0) is 25.7 Å². The summed E-state index contributed by atoms with van der Waals surface area (Å²) in [6, 6.07) is 11.1. The number of halogens is 2. The third-order valence-electron chi connectivity index (χ3n) is 7.80. The molecule has 3 aromatic rings. The molecule has 4 amide bonds. The molecule has 0 spiro atoms. The Labute approximate surface area is 278 Å². The summed E-state index contributed by atoms with van der Waals surface area (Å²) in [5.74, 6) is -4.20. The van der Waals surface area contributed by atoms with Crippen molar-refractivity contribution in [2.75, 3.05) is 26.2 Å². The molecule has 14 heteroatoms. The van der Waals surface area contributed by atoms with Crippen LogP contribution in [0.15, 0.2) is 60.8 Å². The fourth-order valence-electron chi connectivity index (χ4n) is 5.66. The molecule has 0 aliphatic heterocycles. The fourth-order valence-corrected chi connectivity index (χ4v) is 5.66. The summed E-state index contributed by atoms with van der Waals surface area (Å²) in [5.41, 5.74) is 17.5. The number of nitrogens with two attached hydrogens (primary N) is 3. The molecule has 0 aliphatic carbocycles. The third-order valence-corrected chi connectivity index (χ3v) is 7.80. The minimum atomic E-state index is -1.27. The van der Waals surface area contributed by atoms with Crippen molar-refractivity contribution in [1.29, 1.82) is 0 Å². The lowest BCUT2D eigenvalue weighted by Gasteiger charge is -2.41. The number of carbonyl (C=O) groups is 4. The molecule has 12 nitrogen and oxygen atoms in total. The average Bonchev–Trinajstić information content (AvgIpc) is 3.42. The molecule has 3 atom stereocenters. The number of rotatable bonds is 17. The largest absolute Gasteiger partial charge is 0.387 e. The Hall–Kier alpha value is -4.66. The van der Waals surface area contributed by atoms with Crippen molar-refractivity contribution in [3.8, 4) is 11.1 Å². The van der Waals surface area contributed by atoms with Gasteiger partial charge in [0, 0.05) is 49.2 Å². The van der Waals surface area contributed by atoms with Gasteiger partial charge < -0.3 is 37.1 Å². The predicted molar refractivity (Wildman–Crippen MR) is 177 cm³/mol. The van der Waals surface area contributed by atoms with E-state index in [0.29, 0.717) is 17.8 Å². The van der Waals surface area contributed by atoms with Crippen LogP contribution in [0.25, 0.3) is 11.1 Å². The zero-order valence-electron chi connectivity index (χ0n) is 27.4. The Balaban J connectivity index is 2.13. The van der Waals surface area contributed by atoms with Gasteiger partial charge in [0.05, 0.1) is 24.5 Å². The molecule has 2 aromatic carbocycles. The standard InChI is InChI=1S/C34H45F2N7O5/c1-34(2,3)31(28-15-22(24-16-23(35)9-10-25(24)36)19-42(28)18-21-7-5-4-6-8-21)43(30(46)20-44)14-11-26(33(48)40-13-12-37)41-27(32(39)47)17-29(38)45/h4-10,15-16,19,26-27,31,41,44H,11-14,17-18,20,37H2,1-3H3,(H2,38,45)(H2,39,47)(H,40,48)/t26-,27-,31-/m0/s1. The van der Waals surface area contributed by atoms with E-state index >= 15 is 4.39 Å². The second-order valence-corrected chi connectivity index (χ2v) is 12.6. The molecular weight excluding hydrogens is 624 g/mol. The van der Waals surface area contributed by atoms with Crippen LogP contribution < -0.4 is 27.8 Å². The highest BCUT2D eigenvalue weighted by Crippen LogP contribution is 2.41. The van der Waals surface area contributed by atoms with Gasteiger partial charge in [-0.2, -0.15) is 0 Å². The summed E-state index contributed by atoms with van der Waals surface area (Å²) in [6.07, 6.45) is 1.14. The maximum absolute atomic E-state index is 15.0. The van der Waals surface area contributed by atoms with Crippen molar-refractivity contribution in [3.63, 3.8) is 0 Å². The molecule has 0 bridgehead atoms. The van der Waals surface area contributed by atoms with E-state index in [9.17, 15) is 28.7 Å². The number of amides is 4. The van der Waals surface area contributed by atoms with E-state index in [1.165, 1.54) is 4.90 Å². The molecule has 1 aromatic heterocycles. The highest BCUT2D eigenvalue weighted by atomic mass is 19.1. The first-order valence-corrected chi connectivity index (χ1v) is 15.6. The first-order chi connectivity index (χ1) is 22.7. The lowest BCUT2D eigenvalue weighted by molar-refractivity contribution is -0.140. The van der Waals surface area contributed by atoms with E-state index in [1.54, 1.807) is 12.3 Å². The van der Waals surface area contributed by atoms with E-state index in [-0.39, 0.29) is 31.6 Å². The topological polar surface area (TPSA) is 199 Å². The second-order valence-electron chi connectivity index (χ2n) is 12.6. The Bertz CT molecular complexity index is 1580. The zero-order valence-corrected chi connectivity index (χ0v) is 27.4. The van der Waals surface area contributed by atoms with Gasteiger partial charge in [0.25, 0.3) is 0 Å². The highest BCUT2D eigenvalue weighted by molar-refractivity contribution is 5.88. The van der Waals surface area contributed by atoms with Gasteiger partial charge in [-0.1, -0.05) is 51.1 Å². The van der Waals surface area contributed by atoms with Crippen molar-refractivity contribution in [2.24, 2.45) is 22.6 Å². The molecule has 260 valence electrons. The van der Waals surface area contributed by atoms with Gasteiger partial charge in [-0.25, -0.2) is 8.78 Å².